The van der Waals surface area contributed by atoms with Crippen LogP contribution in [-0.4, -0.2) is 26.0 Å². The summed E-state index contributed by atoms with van der Waals surface area (Å²) in [7, 11) is 1.62. The normalized spacial score (nSPS) is 14.5. The van der Waals surface area contributed by atoms with Crippen LogP contribution < -0.4 is 19.5 Å². The minimum Gasteiger partial charge on any atom is -0.872 e. The van der Waals surface area contributed by atoms with Gasteiger partial charge >= 0.3 is 0 Å². The Hall–Kier alpha value is -3.05. The summed E-state index contributed by atoms with van der Waals surface area (Å²) in [6, 6.07) is 10.7. The number of para-hydroxylation sites is 1. The van der Waals surface area contributed by atoms with Crippen molar-refractivity contribution in [3.05, 3.63) is 71.0 Å². The zero-order valence-electron chi connectivity index (χ0n) is 17.9. The van der Waals surface area contributed by atoms with Gasteiger partial charge in [0.05, 0.1) is 25.8 Å². The summed E-state index contributed by atoms with van der Waals surface area (Å²) in [4.78, 5) is 14.1. The van der Waals surface area contributed by atoms with Gasteiger partial charge in [-0.15, -0.1) is 0 Å². The van der Waals surface area contributed by atoms with Gasteiger partial charge in [0.2, 0.25) is 5.78 Å². The number of hydrogen-bond donors (Lipinski definition) is 1. The van der Waals surface area contributed by atoms with Crippen LogP contribution >= 0.6 is 0 Å². The van der Waals surface area contributed by atoms with Crippen molar-refractivity contribution in [1.82, 2.24) is 0 Å². The Bertz CT molecular complexity index is 956. The third-order valence-corrected chi connectivity index (χ3v) is 5.19. The second kappa shape index (κ2) is 10.1. The Labute approximate surface area is 178 Å². The Morgan fingerprint density at radius 3 is 2.53 bits per heavy atom. The van der Waals surface area contributed by atoms with Crippen LogP contribution in [0.1, 0.15) is 48.2 Å². The zero-order chi connectivity index (χ0) is 21.5. The third-order valence-electron chi connectivity index (χ3n) is 5.19. The van der Waals surface area contributed by atoms with E-state index in [9.17, 15) is 9.90 Å². The maximum atomic E-state index is 12.8. The van der Waals surface area contributed by atoms with Crippen LogP contribution in [0.15, 0.2) is 54.3 Å². The van der Waals surface area contributed by atoms with Gasteiger partial charge in [-0.2, -0.15) is 0 Å². The molecule has 0 amide bonds. The number of quaternary nitrogens is 1. The number of carbonyl (C=O) groups is 1. The van der Waals surface area contributed by atoms with E-state index in [-0.39, 0.29) is 17.3 Å². The first-order valence-electron chi connectivity index (χ1n) is 10.5. The molecule has 3 rings (SSSR count). The highest BCUT2D eigenvalue weighted by Gasteiger charge is 2.30. The van der Waals surface area contributed by atoms with Crippen molar-refractivity contribution in [2.45, 2.75) is 33.2 Å². The highest BCUT2D eigenvalue weighted by atomic mass is 16.5. The second-order valence-electron chi connectivity index (χ2n) is 7.41. The third kappa shape index (κ3) is 4.74. The molecule has 1 aliphatic heterocycles. The summed E-state index contributed by atoms with van der Waals surface area (Å²) in [6.45, 7) is 6.81. The first kappa shape index (κ1) is 21.7. The molecule has 0 unspecified atom stereocenters. The molecule has 0 bridgehead atoms. The molecular weight excluding hydrogens is 378 g/mol. The van der Waals surface area contributed by atoms with Crippen molar-refractivity contribution in [2.24, 2.45) is 0 Å². The minimum absolute atomic E-state index is 0.0722. The van der Waals surface area contributed by atoms with Crippen LogP contribution in [0.5, 0.6) is 17.2 Å². The van der Waals surface area contributed by atoms with Gasteiger partial charge in [-0.1, -0.05) is 56.0 Å². The number of rotatable bonds is 9. The molecule has 0 radical (unpaired) electrons. The molecular formula is C25H29NO4. The van der Waals surface area contributed by atoms with Crippen LogP contribution in [0.3, 0.4) is 0 Å². The number of ether oxygens (including phenoxy) is 2. The molecule has 2 aromatic rings. The fourth-order valence-electron chi connectivity index (χ4n) is 3.77. The number of ketones is 1. The Morgan fingerprint density at radius 2 is 1.83 bits per heavy atom. The Morgan fingerprint density at radius 1 is 1.10 bits per heavy atom. The molecule has 0 spiro atoms. The molecule has 2 aromatic carbocycles. The standard InChI is InChI=1S/C25H29NO4/c1-4-15-26(16-5-2)17-20-21(27)14-13-19-24(28)23(30-25(19)20)12-8-10-18-9-6-7-11-22(18)29-3/h6-14,27H,4-5,15-17H2,1-3H3. The summed E-state index contributed by atoms with van der Waals surface area (Å²) in [5, 5.41) is 12.6. The average molecular weight is 408 g/mol. The van der Waals surface area contributed by atoms with Crippen LogP contribution in [0, 0.1) is 0 Å². The maximum Gasteiger partial charge on any atom is 0.231 e. The van der Waals surface area contributed by atoms with E-state index in [1.165, 1.54) is 11.0 Å². The summed E-state index contributed by atoms with van der Waals surface area (Å²) in [5.74, 6) is 1.15. The lowest BCUT2D eigenvalue weighted by atomic mass is 10.0. The van der Waals surface area contributed by atoms with E-state index in [1.807, 2.05) is 30.3 Å². The number of carbonyl (C=O) groups excluding carboxylic acids is 1. The summed E-state index contributed by atoms with van der Waals surface area (Å²) < 4.78 is 11.2. The molecule has 1 N–H and O–H groups in total. The van der Waals surface area contributed by atoms with Crippen molar-refractivity contribution < 1.29 is 24.3 Å². The number of benzene rings is 2. The van der Waals surface area contributed by atoms with Crippen molar-refractivity contribution in [3.63, 3.8) is 0 Å². The summed E-state index contributed by atoms with van der Waals surface area (Å²) in [5.41, 5.74) is 1.96. The number of Topliss-reactive ketones (excluding diaryl/α,β-unsaturated/α-hetero) is 1. The van der Waals surface area contributed by atoms with Crippen LogP contribution in [0.4, 0.5) is 0 Å². The predicted molar refractivity (Wildman–Crippen MR) is 116 cm³/mol. The first-order chi connectivity index (χ1) is 14.6. The molecule has 5 heteroatoms. The van der Waals surface area contributed by atoms with Crippen molar-refractivity contribution in [3.8, 4) is 17.2 Å². The Kier molecular flexibility index (Phi) is 7.31. The number of hydrogen-bond acceptors (Lipinski definition) is 4. The molecule has 0 saturated carbocycles. The van der Waals surface area contributed by atoms with Crippen LogP contribution in [-0.2, 0) is 6.54 Å². The fraction of sp³-hybridized carbons (Fsp3) is 0.320. The molecule has 30 heavy (non-hydrogen) atoms. The number of methoxy groups -OCH3 is 1. The SMILES string of the molecule is CCC[NH+](CCC)Cc1c([O-])ccc2c1OC(=CC=Cc1ccccc1OC)C2=O. The quantitative estimate of drug-likeness (QED) is 0.649. The van der Waals surface area contributed by atoms with Gasteiger partial charge in [0.25, 0.3) is 0 Å². The number of fused-ring (bicyclic) bond motifs is 1. The zero-order valence-corrected chi connectivity index (χ0v) is 17.9. The molecule has 1 heterocycles. The molecule has 158 valence electrons. The molecule has 0 aliphatic carbocycles. The predicted octanol–water partition coefficient (Wildman–Crippen LogP) is 3.15. The van der Waals surface area contributed by atoms with Gasteiger partial charge in [-0.25, -0.2) is 0 Å². The monoisotopic (exact) mass is 407 g/mol. The second-order valence-corrected chi connectivity index (χ2v) is 7.41. The topological polar surface area (TPSA) is 63.0 Å². The van der Waals surface area contributed by atoms with Gasteiger partial charge in [-0.3, -0.25) is 4.79 Å². The van der Waals surface area contributed by atoms with E-state index in [0.29, 0.717) is 23.4 Å². The van der Waals surface area contributed by atoms with Gasteiger partial charge < -0.3 is 19.5 Å². The van der Waals surface area contributed by atoms with Gasteiger partial charge in [0, 0.05) is 11.1 Å². The summed E-state index contributed by atoms with van der Waals surface area (Å²) in [6.07, 6.45) is 7.35. The number of allylic oxidation sites excluding steroid dienone is 3. The molecule has 0 saturated heterocycles. The first-order valence-corrected chi connectivity index (χ1v) is 10.5. The van der Waals surface area contributed by atoms with Gasteiger partial charge in [0.1, 0.15) is 18.0 Å². The van der Waals surface area contributed by atoms with E-state index in [1.54, 1.807) is 25.3 Å². The fourth-order valence-corrected chi connectivity index (χ4v) is 3.77. The highest BCUT2D eigenvalue weighted by Crippen LogP contribution is 2.37. The lowest BCUT2D eigenvalue weighted by Crippen LogP contribution is -3.10. The van der Waals surface area contributed by atoms with Gasteiger partial charge in [0.15, 0.2) is 5.76 Å². The molecule has 0 aromatic heterocycles. The lowest BCUT2D eigenvalue weighted by molar-refractivity contribution is -0.914. The summed E-state index contributed by atoms with van der Waals surface area (Å²) >= 11 is 0. The maximum absolute atomic E-state index is 12.8. The minimum atomic E-state index is -0.191. The highest BCUT2D eigenvalue weighted by molar-refractivity contribution is 6.12. The van der Waals surface area contributed by atoms with E-state index in [0.717, 1.165) is 37.2 Å². The lowest BCUT2D eigenvalue weighted by Gasteiger charge is -2.23. The van der Waals surface area contributed by atoms with E-state index < -0.39 is 0 Å². The van der Waals surface area contributed by atoms with E-state index in [4.69, 9.17) is 9.47 Å². The smallest absolute Gasteiger partial charge is 0.231 e. The van der Waals surface area contributed by atoms with Gasteiger partial charge in [-0.05, 0) is 31.1 Å². The van der Waals surface area contributed by atoms with Crippen LogP contribution in [0.2, 0.25) is 0 Å². The van der Waals surface area contributed by atoms with E-state index >= 15 is 0 Å². The largest absolute Gasteiger partial charge is 0.872 e. The molecule has 5 nitrogen and oxygen atoms in total. The van der Waals surface area contributed by atoms with Crippen molar-refractivity contribution in [2.75, 3.05) is 20.2 Å². The average Bonchev–Trinajstić information content (AvgIpc) is 3.06. The van der Waals surface area contributed by atoms with E-state index in [2.05, 4.69) is 13.8 Å². The molecule has 0 atom stereocenters. The van der Waals surface area contributed by atoms with Crippen LogP contribution in [0.25, 0.3) is 6.08 Å². The van der Waals surface area contributed by atoms with Crippen molar-refractivity contribution in [1.29, 1.82) is 0 Å². The molecule has 1 aliphatic rings. The Balaban J connectivity index is 1.85. The molecule has 0 fully saturated rings. The van der Waals surface area contributed by atoms with Crippen molar-refractivity contribution >= 4 is 11.9 Å². The number of nitrogens with one attached hydrogen (secondary N) is 1.